The van der Waals surface area contributed by atoms with Crippen molar-refractivity contribution in [2.45, 2.75) is 31.3 Å². The molecular weight excluding hydrogens is 219 g/mol. The van der Waals surface area contributed by atoms with Gasteiger partial charge in [-0.25, -0.2) is 4.39 Å². The van der Waals surface area contributed by atoms with Gasteiger partial charge in [-0.3, -0.25) is 0 Å². The molecule has 0 heterocycles. The van der Waals surface area contributed by atoms with E-state index in [0.717, 1.165) is 18.4 Å². The second-order valence-corrected chi connectivity index (χ2v) is 4.58. The second kappa shape index (κ2) is 4.63. The van der Waals surface area contributed by atoms with Gasteiger partial charge in [0.1, 0.15) is 0 Å². The Labute approximate surface area is 101 Å². The van der Waals surface area contributed by atoms with E-state index in [1.165, 1.54) is 6.07 Å². The smallest absolute Gasteiger partial charge is 0.165 e. The van der Waals surface area contributed by atoms with Crippen molar-refractivity contribution in [3.8, 4) is 5.75 Å². The molecule has 1 aliphatic rings. The molecule has 1 saturated carbocycles. The van der Waals surface area contributed by atoms with Gasteiger partial charge in [0.05, 0.1) is 12.6 Å². The van der Waals surface area contributed by atoms with E-state index >= 15 is 0 Å². The first kappa shape index (κ1) is 12.3. The van der Waals surface area contributed by atoms with E-state index in [4.69, 9.17) is 10.5 Å². The topological polar surface area (TPSA) is 47.3 Å². The molecule has 2 rings (SSSR count). The number of benzene rings is 1. The summed E-state index contributed by atoms with van der Waals surface area (Å²) in [4.78, 5) is 0. The molecule has 0 aromatic heterocycles. The van der Waals surface area contributed by atoms with Gasteiger partial charge in [-0.2, -0.15) is 0 Å². The third-order valence-electron chi connectivity index (χ3n) is 3.28. The molecule has 1 aliphatic carbocycles. The Morgan fingerprint density at radius 1 is 1.53 bits per heavy atom. The highest BCUT2D eigenvalue weighted by atomic mass is 19.1. The van der Waals surface area contributed by atoms with Gasteiger partial charge in [0.15, 0.2) is 11.6 Å². The number of ether oxygens (including phenoxy) is 1. The highest BCUT2D eigenvalue weighted by Gasteiger charge is 2.45. The zero-order valence-corrected chi connectivity index (χ0v) is 10.3. The predicted molar refractivity (Wildman–Crippen MR) is 65.5 cm³/mol. The molecule has 0 amide bonds. The van der Waals surface area contributed by atoms with Crippen molar-refractivity contribution in [1.82, 2.24) is 5.32 Å². The molecule has 0 radical (unpaired) electrons. The molecule has 4 heteroatoms. The maximum atomic E-state index is 13.7. The van der Waals surface area contributed by atoms with E-state index in [0.29, 0.717) is 12.4 Å². The summed E-state index contributed by atoms with van der Waals surface area (Å²) in [5.41, 5.74) is 6.83. The fourth-order valence-corrected chi connectivity index (χ4v) is 2.19. The fraction of sp³-hybridized carbons (Fsp3) is 0.538. The molecule has 3 nitrogen and oxygen atoms in total. The van der Waals surface area contributed by atoms with Crippen LogP contribution in [0.25, 0.3) is 0 Å². The average molecular weight is 238 g/mol. The Morgan fingerprint density at radius 3 is 2.71 bits per heavy atom. The van der Waals surface area contributed by atoms with Gasteiger partial charge in [0.25, 0.3) is 0 Å². The Morgan fingerprint density at radius 2 is 2.24 bits per heavy atom. The van der Waals surface area contributed by atoms with Crippen molar-refractivity contribution in [2.24, 2.45) is 5.73 Å². The van der Waals surface area contributed by atoms with E-state index in [2.05, 4.69) is 5.32 Å². The zero-order chi connectivity index (χ0) is 12.5. The van der Waals surface area contributed by atoms with Gasteiger partial charge < -0.3 is 15.8 Å². The lowest BCUT2D eigenvalue weighted by Gasteiger charge is -2.23. The number of halogens is 1. The summed E-state index contributed by atoms with van der Waals surface area (Å²) in [6, 6.07) is 5.07. The van der Waals surface area contributed by atoms with Crippen molar-refractivity contribution in [2.75, 3.05) is 13.7 Å². The minimum atomic E-state index is -0.325. The number of likely N-dealkylation sites (N-methyl/N-ethyl adjacent to an activating group) is 1. The van der Waals surface area contributed by atoms with Crippen LogP contribution in [-0.2, 0) is 0 Å². The Hall–Kier alpha value is -1.13. The van der Waals surface area contributed by atoms with E-state index in [9.17, 15) is 4.39 Å². The van der Waals surface area contributed by atoms with Gasteiger partial charge in [-0.05, 0) is 44.5 Å². The van der Waals surface area contributed by atoms with Gasteiger partial charge in [0, 0.05) is 5.54 Å². The summed E-state index contributed by atoms with van der Waals surface area (Å²) in [6.45, 7) is 2.30. The minimum Gasteiger partial charge on any atom is -0.491 e. The molecule has 3 N–H and O–H groups in total. The molecule has 0 bridgehead atoms. The molecule has 17 heavy (non-hydrogen) atoms. The van der Waals surface area contributed by atoms with Crippen LogP contribution in [0.4, 0.5) is 4.39 Å². The maximum absolute atomic E-state index is 13.7. The number of rotatable bonds is 5. The average Bonchev–Trinajstić information content (AvgIpc) is 3.02. The number of nitrogens with one attached hydrogen (secondary N) is 1. The number of hydrogen-bond acceptors (Lipinski definition) is 3. The van der Waals surface area contributed by atoms with Gasteiger partial charge in [-0.1, -0.05) is 6.07 Å². The molecule has 94 valence electrons. The van der Waals surface area contributed by atoms with Crippen LogP contribution in [0.15, 0.2) is 18.2 Å². The SMILES string of the molecule is CCOc1ccc(C(NC)C2(N)CC2)cc1F. The maximum Gasteiger partial charge on any atom is 0.165 e. The van der Waals surface area contributed by atoms with Crippen molar-refractivity contribution in [1.29, 1.82) is 0 Å². The monoisotopic (exact) mass is 238 g/mol. The molecule has 0 aliphatic heterocycles. The Balaban J connectivity index is 2.24. The van der Waals surface area contributed by atoms with E-state index in [-0.39, 0.29) is 17.4 Å². The molecule has 1 fully saturated rings. The Kier molecular flexibility index (Phi) is 3.35. The Bertz CT molecular complexity index is 404. The summed E-state index contributed by atoms with van der Waals surface area (Å²) in [6.07, 6.45) is 1.96. The molecule has 0 saturated heterocycles. The first-order chi connectivity index (χ1) is 8.10. The van der Waals surface area contributed by atoms with Crippen LogP contribution < -0.4 is 15.8 Å². The summed E-state index contributed by atoms with van der Waals surface area (Å²) in [7, 11) is 1.85. The van der Waals surface area contributed by atoms with Crippen molar-refractivity contribution in [3.05, 3.63) is 29.6 Å². The van der Waals surface area contributed by atoms with E-state index in [1.807, 2.05) is 20.0 Å². The molecule has 1 aromatic carbocycles. The normalized spacial score (nSPS) is 18.8. The third-order valence-corrected chi connectivity index (χ3v) is 3.28. The van der Waals surface area contributed by atoms with Gasteiger partial charge in [0.2, 0.25) is 0 Å². The number of hydrogen-bond donors (Lipinski definition) is 2. The first-order valence-electron chi connectivity index (χ1n) is 5.99. The summed E-state index contributed by atoms with van der Waals surface area (Å²) in [5, 5.41) is 3.17. The van der Waals surface area contributed by atoms with Crippen molar-refractivity contribution >= 4 is 0 Å². The largest absolute Gasteiger partial charge is 0.491 e. The van der Waals surface area contributed by atoms with Crippen molar-refractivity contribution in [3.63, 3.8) is 0 Å². The molecule has 0 spiro atoms. The van der Waals surface area contributed by atoms with Crippen molar-refractivity contribution < 1.29 is 9.13 Å². The molecule has 1 aromatic rings. The fourth-order valence-electron chi connectivity index (χ4n) is 2.19. The van der Waals surface area contributed by atoms with Crippen LogP contribution >= 0.6 is 0 Å². The lowest BCUT2D eigenvalue weighted by Crippen LogP contribution is -2.38. The van der Waals surface area contributed by atoms with Crippen LogP contribution in [0.1, 0.15) is 31.4 Å². The third kappa shape index (κ3) is 2.42. The second-order valence-electron chi connectivity index (χ2n) is 4.58. The lowest BCUT2D eigenvalue weighted by atomic mass is 9.98. The highest BCUT2D eigenvalue weighted by molar-refractivity contribution is 5.34. The number of nitrogens with two attached hydrogens (primary N) is 1. The first-order valence-corrected chi connectivity index (χ1v) is 5.99. The molecule has 1 atom stereocenters. The van der Waals surface area contributed by atoms with E-state index < -0.39 is 0 Å². The van der Waals surface area contributed by atoms with E-state index in [1.54, 1.807) is 6.07 Å². The standard InChI is InChI=1S/C13H19FN2O/c1-3-17-11-5-4-9(8-10(11)14)12(16-2)13(15)6-7-13/h4-5,8,12,16H,3,6-7,15H2,1-2H3. The van der Waals surface area contributed by atoms with Crippen LogP contribution in [0.5, 0.6) is 5.75 Å². The lowest BCUT2D eigenvalue weighted by molar-refractivity contribution is 0.320. The minimum absolute atomic E-state index is 0.00711. The summed E-state index contributed by atoms with van der Waals surface area (Å²) in [5.74, 6) is -0.0261. The summed E-state index contributed by atoms with van der Waals surface area (Å²) >= 11 is 0. The molecule has 1 unspecified atom stereocenters. The van der Waals surface area contributed by atoms with Gasteiger partial charge >= 0.3 is 0 Å². The predicted octanol–water partition coefficient (Wildman–Crippen LogP) is 1.98. The van der Waals surface area contributed by atoms with Crippen LogP contribution in [-0.4, -0.2) is 19.2 Å². The highest BCUT2D eigenvalue weighted by Crippen LogP contribution is 2.43. The van der Waals surface area contributed by atoms with Crippen LogP contribution in [0, 0.1) is 5.82 Å². The molecular formula is C13H19FN2O. The summed E-state index contributed by atoms with van der Waals surface area (Å²) < 4.78 is 18.9. The zero-order valence-electron chi connectivity index (χ0n) is 10.3. The van der Waals surface area contributed by atoms with Crippen LogP contribution in [0.2, 0.25) is 0 Å². The van der Waals surface area contributed by atoms with Gasteiger partial charge in [-0.15, -0.1) is 0 Å². The van der Waals surface area contributed by atoms with Crippen LogP contribution in [0.3, 0.4) is 0 Å². The quantitative estimate of drug-likeness (QED) is 0.824.